The largest absolute Gasteiger partial charge is 0.390 e. The van der Waals surface area contributed by atoms with E-state index in [2.05, 4.69) is 27.6 Å². The van der Waals surface area contributed by atoms with Gasteiger partial charge in [-0.15, -0.1) is 11.3 Å². The predicted molar refractivity (Wildman–Crippen MR) is 102 cm³/mol. The van der Waals surface area contributed by atoms with Crippen LogP contribution < -0.4 is 5.32 Å². The van der Waals surface area contributed by atoms with Gasteiger partial charge in [0, 0.05) is 24.4 Å². The molecule has 3 heterocycles. The summed E-state index contributed by atoms with van der Waals surface area (Å²) >= 11 is 1.42. The summed E-state index contributed by atoms with van der Waals surface area (Å²) in [6.07, 6.45) is 4.10. The molecular formula is C20H17N3O2S. The van der Waals surface area contributed by atoms with E-state index in [1.807, 2.05) is 41.8 Å². The summed E-state index contributed by atoms with van der Waals surface area (Å²) < 4.78 is 0. The van der Waals surface area contributed by atoms with Crippen LogP contribution in [0.5, 0.6) is 0 Å². The minimum Gasteiger partial charge on any atom is -0.390 e. The summed E-state index contributed by atoms with van der Waals surface area (Å²) in [5, 5.41) is 9.01. The zero-order chi connectivity index (χ0) is 17.8. The van der Waals surface area contributed by atoms with Crippen molar-refractivity contribution >= 4 is 23.0 Å². The highest BCUT2D eigenvalue weighted by atomic mass is 32.1. The number of carbonyl (C=O) groups is 1. The van der Waals surface area contributed by atoms with Crippen molar-refractivity contribution in [2.75, 3.05) is 6.54 Å². The number of pyridine rings is 1. The van der Waals surface area contributed by atoms with Crippen LogP contribution in [0.4, 0.5) is 0 Å². The molecule has 0 spiro atoms. The highest BCUT2D eigenvalue weighted by Crippen LogP contribution is 2.23. The Kier molecular flexibility index (Phi) is 4.75. The SMILES string of the molecule is O=C(NCC1CC(c2cccc(-c3ccncc3)c2)=NO1)c1cccs1. The molecule has 4 rings (SSSR count). The van der Waals surface area contributed by atoms with Gasteiger partial charge in [0.05, 0.1) is 17.1 Å². The number of oxime groups is 1. The first-order chi connectivity index (χ1) is 12.8. The third-order valence-electron chi connectivity index (χ3n) is 4.18. The second-order valence-electron chi connectivity index (χ2n) is 5.97. The van der Waals surface area contributed by atoms with Crippen molar-refractivity contribution in [1.29, 1.82) is 0 Å². The standard InChI is InChI=1S/C20H17N3O2S/c24-20(19-5-2-10-26-19)22-13-17-12-18(23-25-17)16-4-1-3-15(11-16)14-6-8-21-9-7-14/h1-11,17H,12-13H2,(H,22,24). The molecule has 0 saturated heterocycles. The van der Waals surface area contributed by atoms with E-state index in [-0.39, 0.29) is 12.0 Å². The number of nitrogens with zero attached hydrogens (tertiary/aromatic N) is 2. The van der Waals surface area contributed by atoms with Crippen molar-refractivity contribution < 1.29 is 9.63 Å². The molecule has 130 valence electrons. The first kappa shape index (κ1) is 16.5. The lowest BCUT2D eigenvalue weighted by molar-refractivity contribution is 0.0755. The van der Waals surface area contributed by atoms with Gasteiger partial charge in [-0.3, -0.25) is 9.78 Å². The molecule has 2 aromatic heterocycles. The third-order valence-corrected chi connectivity index (χ3v) is 5.05. The Morgan fingerprint density at radius 2 is 1.96 bits per heavy atom. The molecule has 1 unspecified atom stereocenters. The fourth-order valence-electron chi connectivity index (χ4n) is 2.83. The van der Waals surface area contributed by atoms with Gasteiger partial charge in [0.2, 0.25) is 0 Å². The second-order valence-corrected chi connectivity index (χ2v) is 6.92. The molecule has 6 heteroatoms. The van der Waals surface area contributed by atoms with E-state index in [0.29, 0.717) is 17.8 Å². The van der Waals surface area contributed by atoms with Crippen LogP contribution in [-0.2, 0) is 4.84 Å². The Hall–Kier alpha value is -2.99. The highest BCUT2D eigenvalue weighted by Gasteiger charge is 2.23. The molecule has 0 bridgehead atoms. The number of nitrogens with one attached hydrogen (secondary N) is 1. The van der Waals surface area contributed by atoms with Crippen LogP contribution in [0.15, 0.2) is 71.5 Å². The van der Waals surface area contributed by atoms with Crippen molar-refractivity contribution in [3.8, 4) is 11.1 Å². The molecule has 3 aromatic rings. The summed E-state index contributed by atoms with van der Waals surface area (Å²) in [6, 6.07) is 15.8. The Balaban J connectivity index is 1.39. The van der Waals surface area contributed by atoms with E-state index >= 15 is 0 Å². The average molecular weight is 363 g/mol. The molecule has 0 aliphatic carbocycles. The van der Waals surface area contributed by atoms with Crippen LogP contribution in [-0.4, -0.2) is 29.3 Å². The highest BCUT2D eigenvalue weighted by molar-refractivity contribution is 7.12. The third kappa shape index (κ3) is 3.65. The zero-order valence-electron chi connectivity index (χ0n) is 14.0. The van der Waals surface area contributed by atoms with Crippen LogP contribution in [0.1, 0.15) is 21.7 Å². The molecule has 1 aliphatic heterocycles. The van der Waals surface area contributed by atoms with E-state index in [4.69, 9.17) is 4.84 Å². The predicted octanol–water partition coefficient (Wildman–Crippen LogP) is 3.73. The van der Waals surface area contributed by atoms with Gasteiger partial charge in [-0.2, -0.15) is 0 Å². The fraction of sp³-hybridized carbons (Fsp3) is 0.150. The molecule has 0 saturated carbocycles. The molecule has 0 radical (unpaired) electrons. The minimum absolute atomic E-state index is 0.0725. The number of carbonyl (C=O) groups excluding carboxylic acids is 1. The van der Waals surface area contributed by atoms with Crippen LogP contribution in [0.2, 0.25) is 0 Å². The molecule has 1 aliphatic rings. The first-order valence-electron chi connectivity index (χ1n) is 8.35. The molecule has 1 amide bonds. The maximum Gasteiger partial charge on any atom is 0.261 e. The molecule has 26 heavy (non-hydrogen) atoms. The lowest BCUT2D eigenvalue weighted by Gasteiger charge is -2.09. The molecular weight excluding hydrogens is 346 g/mol. The van der Waals surface area contributed by atoms with E-state index in [1.165, 1.54) is 11.3 Å². The Bertz CT molecular complexity index is 923. The van der Waals surface area contributed by atoms with Crippen LogP contribution >= 0.6 is 11.3 Å². The smallest absolute Gasteiger partial charge is 0.261 e. The number of thiophene rings is 1. The van der Waals surface area contributed by atoms with Crippen molar-refractivity contribution in [2.24, 2.45) is 5.16 Å². The molecule has 1 atom stereocenters. The Morgan fingerprint density at radius 1 is 1.12 bits per heavy atom. The van der Waals surface area contributed by atoms with Crippen molar-refractivity contribution in [2.45, 2.75) is 12.5 Å². The summed E-state index contributed by atoms with van der Waals surface area (Å²) in [5.41, 5.74) is 4.16. The quantitative estimate of drug-likeness (QED) is 0.751. The summed E-state index contributed by atoms with van der Waals surface area (Å²) in [7, 11) is 0. The number of aromatic nitrogens is 1. The van der Waals surface area contributed by atoms with Crippen LogP contribution in [0, 0.1) is 0 Å². The Labute approximate surface area is 155 Å². The van der Waals surface area contributed by atoms with Crippen molar-refractivity contribution in [1.82, 2.24) is 10.3 Å². The number of hydrogen-bond donors (Lipinski definition) is 1. The summed E-state index contributed by atoms with van der Waals surface area (Å²) in [4.78, 5) is 22.3. The minimum atomic E-state index is -0.140. The lowest BCUT2D eigenvalue weighted by Crippen LogP contribution is -2.31. The second kappa shape index (κ2) is 7.49. The zero-order valence-corrected chi connectivity index (χ0v) is 14.8. The molecule has 1 aromatic carbocycles. The maximum atomic E-state index is 12.0. The number of hydrogen-bond acceptors (Lipinski definition) is 5. The van der Waals surface area contributed by atoms with Gasteiger partial charge in [0.15, 0.2) is 0 Å². The first-order valence-corrected chi connectivity index (χ1v) is 9.23. The van der Waals surface area contributed by atoms with Gasteiger partial charge < -0.3 is 10.2 Å². The molecule has 0 fully saturated rings. The number of amides is 1. The van der Waals surface area contributed by atoms with E-state index in [1.54, 1.807) is 12.4 Å². The van der Waals surface area contributed by atoms with Gasteiger partial charge in [-0.25, -0.2) is 0 Å². The molecule has 1 N–H and O–H groups in total. The fourth-order valence-corrected chi connectivity index (χ4v) is 3.47. The number of benzene rings is 1. The number of rotatable bonds is 5. The van der Waals surface area contributed by atoms with E-state index in [9.17, 15) is 4.79 Å². The van der Waals surface area contributed by atoms with Crippen LogP contribution in [0.25, 0.3) is 11.1 Å². The maximum absolute atomic E-state index is 12.0. The average Bonchev–Trinajstić information content (AvgIpc) is 3.39. The van der Waals surface area contributed by atoms with Gasteiger partial charge in [0.25, 0.3) is 5.91 Å². The monoisotopic (exact) mass is 363 g/mol. The topological polar surface area (TPSA) is 63.6 Å². The normalized spacial score (nSPS) is 16.0. The van der Waals surface area contributed by atoms with Crippen molar-refractivity contribution in [3.05, 3.63) is 76.7 Å². The summed E-state index contributed by atoms with van der Waals surface area (Å²) in [5.74, 6) is -0.0725. The summed E-state index contributed by atoms with van der Waals surface area (Å²) in [6.45, 7) is 0.438. The lowest BCUT2D eigenvalue weighted by atomic mass is 9.99. The van der Waals surface area contributed by atoms with Gasteiger partial charge >= 0.3 is 0 Å². The Morgan fingerprint density at radius 3 is 2.77 bits per heavy atom. The van der Waals surface area contributed by atoms with Crippen LogP contribution in [0.3, 0.4) is 0 Å². The van der Waals surface area contributed by atoms with E-state index < -0.39 is 0 Å². The van der Waals surface area contributed by atoms with Gasteiger partial charge in [-0.1, -0.05) is 29.4 Å². The van der Waals surface area contributed by atoms with E-state index in [0.717, 1.165) is 22.4 Å². The van der Waals surface area contributed by atoms with Crippen molar-refractivity contribution in [3.63, 3.8) is 0 Å². The van der Waals surface area contributed by atoms with Gasteiger partial charge in [0.1, 0.15) is 6.10 Å². The molecule has 5 nitrogen and oxygen atoms in total. The van der Waals surface area contributed by atoms with Gasteiger partial charge in [-0.05, 0) is 40.8 Å².